The number of hydrogen-bond acceptors (Lipinski definition) is 3. The van der Waals surface area contributed by atoms with Gasteiger partial charge in [-0.05, 0) is 58.8 Å². The van der Waals surface area contributed by atoms with Gasteiger partial charge in [-0.1, -0.05) is 114 Å². The maximum absolute atomic E-state index is 15.9. The van der Waals surface area contributed by atoms with Crippen molar-refractivity contribution in [1.82, 2.24) is 4.98 Å². The molecule has 0 atom stereocenters. The summed E-state index contributed by atoms with van der Waals surface area (Å²) in [4.78, 5) is 16.4. The zero-order valence-corrected chi connectivity index (χ0v) is 33.0. The molecule has 0 spiro atoms. The molecular weight excluding hydrogens is 790 g/mol. The number of pyridine rings is 1. The number of carbonyl (C=O) groups is 1. The third-order valence-electron chi connectivity index (χ3n) is 9.53. The Morgan fingerprint density at radius 1 is 0.833 bits per heavy atom. The van der Waals surface area contributed by atoms with E-state index in [-0.39, 0.29) is 49.3 Å². The first-order chi connectivity index (χ1) is 22.5. The number of fused-ring (bicyclic) bond motifs is 3. The van der Waals surface area contributed by atoms with Crippen LogP contribution in [0.25, 0.3) is 32.8 Å². The minimum absolute atomic E-state index is 0. The molecular formula is C42H49FIrNO2Si-. The van der Waals surface area contributed by atoms with E-state index in [1.165, 1.54) is 16.8 Å². The maximum atomic E-state index is 15.9. The second-order valence-electron chi connectivity index (χ2n) is 13.1. The van der Waals surface area contributed by atoms with Crippen molar-refractivity contribution in [2.45, 2.75) is 80.3 Å². The number of benzene rings is 4. The number of aliphatic hydroxyl groups excluding tert-OH is 1. The molecule has 0 aliphatic rings. The fraction of sp³-hybridized carbons (Fsp3) is 0.333. The SMILES string of the molecule is CCC(CC)C(=O)/C=C(\O)C(CC)CC.Cc1[c-]c(-c2nccc3c2ccc2c(F)c([Si](C)(C)c4ccccc4)ccc23)cc(C)c1.[Ir]. The van der Waals surface area contributed by atoms with Crippen LogP contribution in [0.15, 0.2) is 90.8 Å². The molecule has 0 amide bonds. The topological polar surface area (TPSA) is 50.2 Å². The molecule has 1 heterocycles. The monoisotopic (exact) mass is 839 g/mol. The molecule has 5 rings (SSSR count). The van der Waals surface area contributed by atoms with Crippen molar-refractivity contribution in [1.29, 1.82) is 0 Å². The van der Waals surface area contributed by atoms with Gasteiger partial charge in [0.15, 0.2) is 5.78 Å². The Hall–Kier alpha value is -3.44. The Morgan fingerprint density at radius 2 is 1.42 bits per heavy atom. The van der Waals surface area contributed by atoms with Gasteiger partial charge < -0.3 is 10.1 Å². The second-order valence-corrected chi connectivity index (χ2v) is 17.5. The maximum Gasteiger partial charge on any atom is 0.162 e. The van der Waals surface area contributed by atoms with E-state index < -0.39 is 8.07 Å². The van der Waals surface area contributed by atoms with Crippen LogP contribution in [-0.2, 0) is 24.9 Å². The van der Waals surface area contributed by atoms with Crippen molar-refractivity contribution < 1.29 is 34.4 Å². The largest absolute Gasteiger partial charge is 0.512 e. The first-order valence-corrected chi connectivity index (χ1v) is 20.0. The molecule has 1 N–H and O–H groups in total. The summed E-state index contributed by atoms with van der Waals surface area (Å²) in [5, 5.41) is 15.5. The summed E-state index contributed by atoms with van der Waals surface area (Å²) in [7, 11) is -2.15. The molecule has 4 aromatic carbocycles. The molecule has 0 saturated carbocycles. The van der Waals surface area contributed by atoms with Gasteiger partial charge in [-0.3, -0.25) is 4.79 Å². The second kappa shape index (κ2) is 17.3. The van der Waals surface area contributed by atoms with Crippen molar-refractivity contribution in [2.24, 2.45) is 11.8 Å². The van der Waals surface area contributed by atoms with Crippen LogP contribution in [0, 0.1) is 37.6 Å². The van der Waals surface area contributed by atoms with E-state index in [1.54, 1.807) is 0 Å². The Morgan fingerprint density at radius 3 is 2.02 bits per heavy atom. The molecule has 6 heteroatoms. The van der Waals surface area contributed by atoms with Crippen LogP contribution in [0.5, 0.6) is 0 Å². The average molecular weight is 839 g/mol. The number of ketones is 1. The van der Waals surface area contributed by atoms with Crippen molar-refractivity contribution in [3.05, 3.63) is 114 Å². The predicted octanol–water partition coefficient (Wildman–Crippen LogP) is 10.3. The molecule has 255 valence electrons. The summed E-state index contributed by atoms with van der Waals surface area (Å²) in [6.07, 6.45) is 6.72. The Balaban J connectivity index is 0.000000334. The van der Waals surface area contributed by atoms with Crippen LogP contribution < -0.4 is 10.4 Å². The van der Waals surface area contributed by atoms with Gasteiger partial charge in [0.2, 0.25) is 0 Å². The van der Waals surface area contributed by atoms with Crippen LogP contribution in [0.4, 0.5) is 4.39 Å². The Labute approximate surface area is 301 Å². The summed E-state index contributed by atoms with van der Waals surface area (Å²) >= 11 is 0. The zero-order chi connectivity index (χ0) is 34.3. The van der Waals surface area contributed by atoms with Gasteiger partial charge in [-0.25, -0.2) is 4.39 Å². The van der Waals surface area contributed by atoms with Gasteiger partial charge in [0.1, 0.15) is 13.9 Å². The number of allylic oxidation sites excluding steroid dienone is 2. The first-order valence-electron chi connectivity index (χ1n) is 17.0. The van der Waals surface area contributed by atoms with Crippen molar-refractivity contribution >= 4 is 45.8 Å². The third kappa shape index (κ3) is 8.58. The standard InChI is InChI=1S/C29H25FNSi.C13H24O2.Ir/c1-19-16-20(2)18-21(17-19)29-26-11-10-25-23(24(26)14-15-31-29)12-13-27(28(25)30)32(3,4)22-8-6-5-7-9-22;1-5-10(6-2)12(14)9-13(15)11(7-3)8-4;/h5-17H,1-4H3;9-11,14H,5-8H2,1-4H3;/q-1;;/b;12-9-;. The fourth-order valence-electron chi connectivity index (χ4n) is 6.54. The Kier molecular flexibility index (Phi) is 14.0. The van der Waals surface area contributed by atoms with E-state index in [1.807, 2.05) is 83.3 Å². The predicted molar refractivity (Wildman–Crippen MR) is 200 cm³/mol. The summed E-state index contributed by atoms with van der Waals surface area (Å²) in [6, 6.07) is 28.0. The van der Waals surface area contributed by atoms with Crippen LogP contribution in [0.2, 0.25) is 13.1 Å². The van der Waals surface area contributed by atoms with Crippen molar-refractivity contribution in [3.8, 4) is 11.3 Å². The number of halogens is 1. The molecule has 5 aromatic rings. The minimum Gasteiger partial charge on any atom is -0.512 e. The number of aryl methyl sites for hydroxylation is 2. The molecule has 1 aromatic heterocycles. The third-order valence-corrected chi connectivity index (χ3v) is 13.0. The van der Waals surface area contributed by atoms with Gasteiger partial charge in [0, 0.05) is 49.6 Å². The van der Waals surface area contributed by atoms with E-state index in [2.05, 4.69) is 61.4 Å². The molecule has 3 nitrogen and oxygen atoms in total. The molecule has 0 bridgehead atoms. The Bertz CT molecular complexity index is 1860. The van der Waals surface area contributed by atoms with Crippen LogP contribution in [-0.4, -0.2) is 23.9 Å². The van der Waals surface area contributed by atoms with E-state index in [0.29, 0.717) is 5.39 Å². The zero-order valence-electron chi connectivity index (χ0n) is 29.6. The van der Waals surface area contributed by atoms with Gasteiger partial charge in [0.05, 0.1) is 5.76 Å². The van der Waals surface area contributed by atoms with Crippen molar-refractivity contribution in [2.75, 3.05) is 0 Å². The van der Waals surface area contributed by atoms with Crippen LogP contribution in [0.3, 0.4) is 0 Å². The number of aliphatic hydroxyl groups is 1. The van der Waals surface area contributed by atoms with E-state index in [9.17, 15) is 9.90 Å². The fourth-order valence-corrected chi connectivity index (χ4v) is 9.06. The normalized spacial score (nSPS) is 11.9. The van der Waals surface area contributed by atoms with E-state index >= 15 is 4.39 Å². The summed E-state index contributed by atoms with van der Waals surface area (Å²) in [5.74, 6) is 0.451. The smallest absolute Gasteiger partial charge is 0.162 e. The summed E-state index contributed by atoms with van der Waals surface area (Å²) < 4.78 is 15.9. The van der Waals surface area contributed by atoms with E-state index in [4.69, 9.17) is 0 Å². The van der Waals surface area contributed by atoms with Crippen molar-refractivity contribution in [3.63, 3.8) is 0 Å². The van der Waals surface area contributed by atoms with Gasteiger partial charge in [0.25, 0.3) is 0 Å². The van der Waals surface area contributed by atoms with Gasteiger partial charge in [-0.2, -0.15) is 0 Å². The number of carbonyl (C=O) groups excluding carboxylic acids is 1. The molecule has 48 heavy (non-hydrogen) atoms. The molecule has 0 fully saturated rings. The summed E-state index contributed by atoms with van der Waals surface area (Å²) in [6.45, 7) is 16.6. The molecule has 0 aliphatic carbocycles. The number of rotatable bonds is 10. The quantitative estimate of drug-likeness (QED) is 0.0501. The van der Waals surface area contributed by atoms with Gasteiger partial charge in [-0.15, -0.1) is 34.9 Å². The number of nitrogens with zero attached hydrogens (tertiary/aromatic N) is 1. The van der Waals surface area contributed by atoms with Gasteiger partial charge >= 0.3 is 0 Å². The molecule has 0 saturated heterocycles. The minimum atomic E-state index is -2.15. The number of hydrogen-bond donors (Lipinski definition) is 1. The summed E-state index contributed by atoms with van der Waals surface area (Å²) in [5.41, 5.74) is 4.13. The first kappa shape index (κ1) is 39.0. The average Bonchev–Trinajstić information content (AvgIpc) is 3.05. The number of aromatic nitrogens is 1. The van der Waals surface area contributed by atoms with E-state index in [0.717, 1.165) is 63.8 Å². The molecule has 0 aliphatic heterocycles. The molecule has 1 radical (unpaired) electrons. The van der Waals surface area contributed by atoms with Crippen LogP contribution >= 0.6 is 0 Å². The van der Waals surface area contributed by atoms with Crippen LogP contribution in [0.1, 0.15) is 64.5 Å². The molecule has 0 unspecified atom stereocenters.